The number of hydrogen-bond acceptors (Lipinski definition) is 2. The molecule has 1 unspecified atom stereocenters. The van der Waals surface area contributed by atoms with Crippen molar-refractivity contribution >= 4 is 5.97 Å². The van der Waals surface area contributed by atoms with E-state index in [0.717, 1.165) is 5.56 Å². The van der Waals surface area contributed by atoms with Gasteiger partial charge in [0.1, 0.15) is 0 Å². The summed E-state index contributed by atoms with van der Waals surface area (Å²) in [4.78, 5) is 10.4. The second-order valence-electron chi connectivity index (χ2n) is 2.65. The van der Waals surface area contributed by atoms with Crippen LogP contribution in [0.3, 0.4) is 0 Å². The molecule has 0 heterocycles. The van der Waals surface area contributed by atoms with E-state index < -0.39 is 12.1 Å². The fraction of sp³-hybridized carbons (Fsp3) is 0.222. The number of aryl methyl sites for hydroxylation is 1. The Balaban J connectivity index is 2.95. The van der Waals surface area contributed by atoms with Gasteiger partial charge in [-0.1, -0.05) is 29.8 Å². The Morgan fingerprint density at radius 3 is 2.67 bits per heavy atom. The van der Waals surface area contributed by atoms with Crippen molar-refractivity contribution in [1.82, 2.24) is 0 Å². The molecule has 2 N–H and O–H groups in total. The molecule has 3 heteroatoms. The van der Waals surface area contributed by atoms with E-state index in [0.29, 0.717) is 5.56 Å². The van der Waals surface area contributed by atoms with Gasteiger partial charge in [0.15, 0.2) is 6.10 Å². The summed E-state index contributed by atoms with van der Waals surface area (Å²) in [6.45, 7) is 1.85. The summed E-state index contributed by atoms with van der Waals surface area (Å²) < 4.78 is 0. The molecule has 0 aliphatic rings. The monoisotopic (exact) mass is 165 g/mol. The van der Waals surface area contributed by atoms with Gasteiger partial charge in [0.05, 0.1) is 0 Å². The number of carboxylic acid groups (broad SMARTS) is 1. The number of carboxylic acids is 1. The molecule has 0 amide bonds. The zero-order valence-electron chi connectivity index (χ0n) is 6.69. The average molecular weight is 165 g/mol. The third kappa shape index (κ3) is 1.83. The van der Waals surface area contributed by atoms with Crippen LogP contribution in [-0.4, -0.2) is 16.2 Å². The average Bonchev–Trinajstić information content (AvgIpc) is 2.03. The standard InChI is InChI=1S/C9H10O3/c1-6-3-2-4-7(5-6)8(10)9(11)12/h2-5,8,10H,1H3,(H,11,12)/i9-1. The molecule has 0 spiro atoms. The van der Waals surface area contributed by atoms with E-state index in [-0.39, 0.29) is 0 Å². The summed E-state index contributed by atoms with van der Waals surface area (Å²) in [6, 6.07) is 6.81. The molecule has 0 radical (unpaired) electrons. The molecule has 1 aromatic rings. The van der Waals surface area contributed by atoms with Crippen molar-refractivity contribution in [3.8, 4) is 0 Å². The van der Waals surface area contributed by atoms with Crippen molar-refractivity contribution in [1.29, 1.82) is 0 Å². The molecule has 0 aliphatic heterocycles. The predicted molar refractivity (Wildman–Crippen MR) is 43.8 cm³/mol. The SMILES string of the molecule is Cc1cccc(C(O)[11C](=O)O)c1. The molecule has 0 aromatic heterocycles. The topological polar surface area (TPSA) is 57.5 Å². The first-order valence-corrected chi connectivity index (χ1v) is 3.58. The molecule has 0 saturated heterocycles. The molecule has 0 bridgehead atoms. The van der Waals surface area contributed by atoms with Crippen LogP contribution in [0.4, 0.5) is 0 Å². The van der Waals surface area contributed by atoms with Crippen molar-refractivity contribution in [2.75, 3.05) is 0 Å². The van der Waals surface area contributed by atoms with Gasteiger partial charge in [-0.15, -0.1) is 0 Å². The smallest absolute Gasteiger partial charge is 0.337 e. The first kappa shape index (κ1) is 8.74. The highest BCUT2D eigenvalue weighted by Gasteiger charge is 2.14. The maximum atomic E-state index is 10.4. The minimum atomic E-state index is -1.41. The lowest BCUT2D eigenvalue weighted by Crippen LogP contribution is -2.10. The number of aliphatic carboxylic acids is 1. The Morgan fingerprint density at radius 1 is 1.50 bits per heavy atom. The molecule has 64 valence electrons. The molecule has 0 aliphatic carbocycles. The number of hydrogen-bond donors (Lipinski definition) is 2. The predicted octanol–water partition coefficient (Wildman–Crippen LogP) is 1.11. The Hall–Kier alpha value is -1.35. The van der Waals surface area contributed by atoms with E-state index in [1.807, 2.05) is 13.0 Å². The lowest BCUT2D eigenvalue weighted by molar-refractivity contribution is -0.146. The molecule has 1 atom stereocenters. The third-order valence-corrected chi connectivity index (χ3v) is 1.59. The number of rotatable bonds is 2. The van der Waals surface area contributed by atoms with Gasteiger partial charge in [0, 0.05) is 0 Å². The summed E-state index contributed by atoms with van der Waals surface area (Å²) in [5.41, 5.74) is 1.36. The van der Waals surface area contributed by atoms with Crippen LogP contribution in [0.25, 0.3) is 0 Å². The number of carbonyl (C=O) groups is 1. The lowest BCUT2D eigenvalue weighted by Gasteiger charge is -2.05. The number of aliphatic hydroxyl groups is 1. The highest BCUT2D eigenvalue weighted by Crippen LogP contribution is 2.13. The van der Waals surface area contributed by atoms with Crippen LogP contribution in [0.5, 0.6) is 0 Å². The Labute approximate surface area is 70.3 Å². The molecule has 1 aromatic carbocycles. The molecule has 3 nitrogen and oxygen atoms in total. The Bertz CT molecular complexity index is 294. The van der Waals surface area contributed by atoms with Gasteiger partial charge < -0.3 is 10.2 Å². The first-order chi connectivity index (χ1) is 5.61. The highest BCUT2D eigenvalue weighted by molar-refractivity contribution is 5.74. The first-order valence-electron chi connectivity index (χ1n) is 3.58. The van der Waals surface area contributed by atoms with E-state index in [9.17, 15) is 4.79 Å². The Kier molecular flexibility index (Phi) is 2.45. The van der Waals surface area contributed by atoms with Gasteiger partial charge in [-0.25, -0.2) is 4.79 Å². The van der Waals surface area contributed by atoms with Gasteiger partial charge in [-0.2, -0.15) is 0 Å². The normalized spacial score (nSPS) is 12.5. The van der Waals surface area contributed by atoms with Crippen LogP contribution in [0.2, 0.25) is 0 Å². The van der Waals surface area contributed by atoms with Crippen LogP contribution in [0, 0.1) is 6.92 Å². The fourth-order valence-electron chi connectivity index (χ4n) is 0.983. The maximum absolute atomic E-state index is 10.4. The van der Waals surface area contributed by atoms with Crippen molar-refractivity contribution in [2.45, 2.75) is 13.0 Å². The minimum absolute atomic E-state index is 0.419. The van der Waals surface area contributed by atoms with E-state index in [1.54, 1.807) is 18.2 Å². The molecule has 0 saturated carbocycles. The zero-order valence-corrected chi connectivity index (χ0v) is 6.69. The van der Waals surface area contributed by atoms with Gasteiger partial charge in [0.2, 0.25) is 0 Å². The molecule has 1 rings (SSSR count). The van der Waals surface area contributed by atoms with Crippen LogP contribution in [0.15, 0.2) is 24.3 Å². The maximum Gasteiger partial charge on any atom is 0.337 e. The summed E-state index contributed by atoms with van der Waals surface area (Å²) in [6.07, 6.45) is -1.41. The van der Waals surface area contributed by atoms with Gasteiger partial charge in [-0.05, 0) is 12.5 Å². The number of benzene rings is 1. The van der Waals surface area contributed by atoms with Gasteiger partial charge >= 0.3 is 5.97 Å². The molecular formula is C9H10O3. The van der Waals surface area contributed by atoms with Gasteiger partial charge in [0.25, 0.3) is 0 Å². The Morgan fingerprint density at radius 2 is 2.17 bits per heavy atom. The van der Waals surface area contributed by atoms with Crippen LogP contribution < -0.4 is 0 Å². The van der Waals surface area contributed by atoms with Gasteiger partial charge in [-0.3, -0.25) is 0 Å². The zero-order chi connectivity index (χ0) is 9.14. The summed E-state index contributed by atoms with van der Waals surface area (Å²) in [7, 11) is 0. The molecular weight excluding hydrogens is 155 g/mol. The summed E-state index contributed by atoms with van der Waals surface area (Å²) >= 11 is 0. The van der Waals surface area contributed by atoms with E-state index in [2.05, 4.69) is 0 Å². The van der Waals surface area contributed by atoms with Crippen LogP contribution >= 0.6 is 0 Å². The van der Waals surface area contributed by atoms with Crippen LogP contribution in [0.1, 0.15) is 17.2 Å². The fourth-order valence-corrected chi connectivity index (χ4v) is 0.983. The summed E-state index contributed by atoms with van der Waals surface area (Å²) in [5.74, 6) is -1.22. The minimum Gasteiger partial charge on any atom is -0.479 e. The van der Waals surface area contributed by atoms with Crippen LogP contribution in [-0.2, 0) is 4.79 Å². The van der Waals surface area contributed by atoms with E-state index in [1.165, 1.54) is 0 Å². The summed E-state index contributed by atoms with van der Waals surface area (Å²) in [5, 5.41) is 17.6. The van der Waals surface area contributed by atoms with E-state index >= 15 is 0 Å². The van der Waals surface area contributed by atoms with Crippen molar-refractivity contribution in [3.63, 3.8) is 0 Å². The van der Waals surface area contributed by atoms with E-state index in [4.69, 9.17) is 10.2 Å². The van der Waals surface area contributed by atoms with Crippen molar-refractivity contribution < 1.29 is 15.0 Å². The number of aliphatic hydroxyl groups excluding tert-OH is 1. The molecule has 0 fully saturated rings. The highest BCUT2D eigenvalue weighted by atomic mass is 16.3. The third-order valence-electron chi connectivity index (χ3n) is 1.59. The van der Waals surface area contributed by atoms with Crippen molar-refractivity contribution in [2.24, 2.45) is 0 Å². The second kappa shape index (κ2) is 3.36. The lowest BCUT2D eigenvalue weighted by atomic mass is 9.90. The molecule has 12 heavy (non-hydrogen) atoms. The second-order valence-corrected chi connectivity index (χ2v) is 2.65. The van der Waals surface area contributed by atoms with Crippen molar-refractivity contribution in [3.05, 3.63) is 35.4 Å². The largest absolute Gasteiger partial charge is 0.479 e. The quantitative estimate of drug-likeness (QED) is 0.690.